The van der Waals surface area contributed by atoms with Gasteiger partial charge >= 0.3 is 0 Å². The zero-order chi connectivity index (χ0) is 26.5. The van der Waals surface area contributed by atoms with E-state index in [0.717, 1.165) is 11.1 Å². The van der Waals surface area contributed by atoms with Gasteiger partial charge < -0.3 is 9.80 Å². The Kier molecular flexibility index (Phi) is 5.92. The van der Waals surface area contributed by atoms with Crippen LogP contribution in [0.15, 0.2) is 46.5 Å². The summed E-state index contributed by atoms with van der Waals surface area (Å²) >= 11 is 0. The number of rotatable bonds is 3. The zero-order valence-corrected chi connectivity index (χ0v) is 21.7. The van der Waals surface area contributed by atoms with Gasteiger partial charge in [0.05, 0.1) is 24.0 Å². The largest absolute Gasteiger partial charge is 0.332 e. The first kappa shape index (κ1) is 24.7. The Balaban J connectivity index is 1.47. The van der Waals surface area contributed by atoms with Crippen molar-refractivity contribution >= 4 is 29.5 Å². The van der Waals surface area contributed by atoms with E-state index in [1.807, 2.05) is 19.9 Å². The molecule has 0 aliphatic carbocycles. The minimum absolute atomic E-state index is 0.214. The van der Waals surface area contributed by atoms with Gasteiger partial charge in [-0.2, -0.15) is 5.10 Å². The lowest BCUT2D eigenvalue weighted by molar-refractivity contribution is -0.128. The van der Waals surface area contributed by atoms with Gasteiger partial charge in [0.1, 0.15) is 11.5 Å². The van der Waals surface area contributed by atoms with E-state index in [1.54, 1.807) is 38.9 Å². The predicted octanol–water partition coefficient (Wildman–Crippen LogP) is 3.38. The molecule has 4 heterocycles. The highest BCUT2D eigenvalue weighted by Gasteiger charge is 2.40. The van der Waals surface area contributed by atoms with Crippen molar-refractivity contribution in [1.29, 1.82) is 0 Å². The molecule has 9 nitrogen and oxygen atoms in total. The summed E-state index contributed by atoms with van der Waals surface area (Å²) in [7, 11) is 0. The molecule has 2 amide bonds. The molecule has 1 aromatic carbocycles. The molecule has 1 saturated heterocycles. The number of aliphatic imine (C=N–C) groups is 2. The van der Waals surface area contributed by atoms with E-state index < -0.39 is 5.54 Å². The van der Waals surface area contributed by atoms with Crippen LogP contribution in [0.5, 0.6) is 0 Å². The number of benzene rings is 1. The maximum atomic E-state index is 13.7. The van der Waals surface area contributed by atoms with Gasteiger partial charge in [-0.1, -0.05) is 20.8 Å². The van der Waals surface area contributed by atoms with E-state index in [2.05, 4.69) is 30.8 Å². The minimum Gasteiger partial charge on any atom is -0.332 e. The van der Waals surface area contributed by atoms with Crippen LogP contribution < -0.4 is 0 Å². The molecule has 0 radical (unpaired) electrons. The first-order chi connectivity index (χ1) is 17.4. The Morgan fingerprint density at radius 1 is 1.05 bits per heavy atom. The summed E-state index contributed by atoms with van der Waals surface area (Å²) in [5, 5.41) is 4.69. The Morgan fingerprint density at radius 3 is 2.41 bits per heavy atom. The number of hydrogen-bond donors (Lipinski definition) is 0. The third-order valence-electron chi connectivity index (χ3n) is 6.75. The summed E-state index contributed by atoms with van der Waals surface area (Å²) in [5.74, 6) is -0.533. The molecule has 37 heavy (non-hydrogen) atoms. The SMILES string of the molecule is CC(C)(C)c1cc(-c2ccc(F)cc2)nn2cc(C(=O)N3CCN(C(=O)C4=NCC=N4)CC3(C)C)nc12. The molecule has 0 bridgehead atoms. The molecule has 0 unspecified atom stereocenters. The smallest absolute Gasteiger partial charge is 0.291 e. The number of halogens is 1. The summed E-state index contributed by atoms with van der Waals surface area (Å²) in [5.41, 5.74) is 2.35. The first-order valence-corrected chi connectivity index (χ1v) is 12.3. The summed E-state index contributed by atoms with van der Waals surface area (Å²) < 4.78 is 15.1. The number of aromatic nitrogens is 3. The first-order valence-electron chi connectivity index (χ1n) is 12.3. The average molecular weight is 504 g/mol. The molecule has 5 rings (SSSR count). The van der Waals surface area contributed by atoms with Gasteiger partial charge in [-0.25, -0.2) is 18.9 Å². The summed E-state index contributed by atoms with van der Waals surface area (Å²) in [6.07, 6.45) is 3.26. The van der Waals surface area contributed by atoms with Gasteiger partial charge in [-0.15, -0.1) is 0 Å². The Morgan fingerprint density at radius 2 is 1.78 bits per heavy atom. The summed E-state index contributed by atoms with van der Waals surface area (Å²) in [4.78, 5) is 42.9. The number of amides is 2. The van der Waals surface area contributed by atoms with Gasteiger partial charge in [0.25, 0.3) is 11.8 Å². The fourth-order valence-electron chi connectivity index (χ4n) is 4.80. The lowest BCUT2D eigenvalue weighted by Gasteiger charge is -2.46. The number of imidazole rings is 1. The van der Waals surface area contributed by atoms with Crippen LogP contribution in [0.4, 0.5) is 4.39 Å². The molecule has 0 atom stereocenters. The third kappa shape index (κ3) is 4.63. The normalized spacial score (nSPS) is 17.4. The van der Waals surface area contributed by atoms with E-state index >= 15 is 0 Å². The highest BCUT2D eigenvalue weighted by molar-refractivity contribution is 6.40. The second-order valence-electron chi connectivity index (χ2n) is 11.1. The Labute approximate surface area is 214 Å². The monoisotopic (exact) mass is 503 g/mol. The van der Waals surface area contributed by atoms with Gasteiger partial charge in [0, 0.05) is 37.0 Å². The molecule has 0 N–H and O–H groups in total. The van der Waals surface area contributed by atoms with Crippen LogP contribution in [-0.4, -0.2) is 80.0 Å². The molecular formula is C27H30FN7O2. The van der Waals surface area contributed by atoms with Crippen molar-refractivity contribution in [3.8, 4) is 11.3 Å². The molecule has 3 aromatic rings. The van der Waals surface area contributed by atoms with Crippen LogP contribution in [-0.2, 0) is 10.2 Å². The van der Waals surface area contributed by atoms with Crippen molar-refractivity contribution in [3.05, 3.63) is 53.6 Å². The van der Waals surface area contributed by atoms with E-state index in [-0.39, 0.29) is 34.6 Å². The number of amidine groups is 1. The molecule has 192 valence electrons. The Bertz CT molecular complexity index is 1450. The van der Waals surface area contributed by atoms with Crippen molar-refractivity contribution in [2.45, 2.75) is 45.6 Å². The fraction of sp³-hybridized carbons (Fsp3) is 0.407. The number of hydrogen-bond acceptors (Lipinski definition) is 6. The zero-order valence-electron chi connectivity index (χ0n) is 21.7. The molecular weight excluding hydrogens is 473 g/mol. The number of carbonyl (C=O) groups excluding carboxylic acids is 2. The lowest BCUT2D eigenvalue weighted by atomic mass is 9.87. The second kappa shape index (κ2) is 8.86. The van der Waals surface area contributed by atoms with E-state index in [4.69, 9.17) is 10.1 Å². The lowest BCUT2D eigenvalue weighted by Crippen LogP contribution is -2.62. The van der Waals surface area contributed by atoms with Gasteiger partial charge in [-0.3, -0.25) is 14.6 Å². The fourth-order valence-corrected chi connectivity index (χ4v) is 4.80. The van der Waals surface area contributed by atoms with Crippen molar-refractivity contribution in [2.24, 2.45) is 9.98 Å². The molecule has 1 fully saturated rings. The number of nitrogens with zero attached hydrogens (tertiary/aromatic N) is 7. The quantitative estimate of drug-likeness (QED) is 0.548. The minimum atomic E-state index is -0.622. The summed E-state index contributed by atoms with van der Waals surface area (Å²) in [6, 6.07) is 8.12. The van der Waals surface area contributed by atoms with Crippen molar-refractivity contribution in [3.63, 3.8) is 0 Å². The molecule has 2 aliphatic rings. The summed E-state index contributed by atoms with van der Waals surface area (Å²) in [6.45, 7) is 11.6. The molecule has 0 saturated carbocycles. The van der Waals surface area contributed by atoms with Crippen LogP contribution >= 0.6 is 0 Å². The second-order valence-corrected chi connectivity index (χ2v) is 11.1. The van der Waals surface area contributed by atoms with Crippen LogP contribution in [0.2, 0.25) is 0 Å². The topological polar surface area (TPSA) is 95.5 Å². The number of piperazine rings is 1. The van der Waals surface area contributed by atoms with Crippen LogP contribution in [0.25, 0.3) is 16.9 Å². The van der Waals surface area contributed by atoms with Crippen molar-refractivity contribution < 1.29 is 14.0 Å². The van der Waals surface area contributed by atoms with Gasteiger partial charge in [0.2, 0.25) is 5.84 Å². The number of carbonyl (C=O) groups is 2. The van der Waals surface area contributed by atoms with Crippen LogP contribution in [0, 0.1) is 5.82 Å². The predicted molar refractivity (Wildman–Crippen MR) is 140 cm³/mol. The van der Waals surface area contributed by atoms with Gasteiger partial charge in [-0.05, 0) is 49.6 Å². The molecule has 0 spiro atoms. The molecule has 2 aliphatic heterocycles. The maximum Gasteiger partial charge on any atom is 0.291 e. The standard InChI is InChI=1S/C27H30FN7O2/c1-26(2,3)19-14-20(17-6-8-18(28)9-7-17)32-35-15-21(31-23(19)35)24(36)34-13-12-33(16-27(34,4)5)25(37)22-29-10-11-30-22/h6-10,14-15H,11-13,16H2,1-5H3. The maximum absolute atomic E-state index is 13.7. The molecule has 10 heteroatoms. The van der Waals surface area contributed by atoms with Crippen molar-refractivity contribution in [1.82, 2.24) is 24.4 Å². The number of fused-ring (bicyclic) bond motifs is 1. The van der Waals surface area contributed by atoms with Crippen LogP contribution in [0.1, 0.15) is 50.7 Å². The highest BCUT2D eigenvalue weighted by atomic mass is 19.1. The Hall–Kier alpha value is -3.95. The third-order valence-corrected chi connectivity index (χ3v) is 6.75. The average Bonchev–Trinajstić information content (AvgIpc) is 3.52. The van der Waals surface area contributed by atoms with E-state index in [0.29, 0.717) is 37.5 Å². The van der Waals surface area contributed by atoms with E-state index in [1.165, 1.54) is 12.1 Å². The van der Waals surface area contributed by atoms with E-state index in [9.17, 15) is 14.0 Å². The molecule has 2 aromatic heterocycles. The highest BCUT2D eigenvalue weighted by Crippen LogP contribution is 2.31. The van der Waals surface area contributed by atoms with Gasteiger partial charge in [0.15, 0.2) is 5.65 Å². The van der Waals surface area contributed by atoms with Crippen molar-refractivity contribution in [2.75, 3.05) is 26.2 Å². The van der Waals surface area contributed by atoms with Crippen LogP contribution in [0.3, 0.4) is 0 Å².